The topological polar surface area (TPSA) is 108 Å². The van der Waals surface area contributed by atoms with Gasteiger partial charge < -0.3 is 19.7 Å². The van der Waals surface area contributed by atoms with Gasteiger partial charge in [-0.25, -0.2) is 0 Å². The van der Waals surface area contributed by atoms with E-state index < -0.39 is 17.8 Å². The molecule has 1 aromatic heterocycles. The van der Waals surface area contributed by atoms with E-state index in [1.165, 1.54) is 0 Å². The van der Waals surface area contributed by atoms with Crippen molar-refractivity contribution in [3.05, 3.63) is 42.3 Å². The Kier molecular flexibility index (Phi) is 6.52. The number of hydrogen-bond acceptors (Lipinski definition) is 6. The molecule has 2 atom stereocenters. The molecule has 0 saturated carbocycles. The van der Waals surface area contributed by atoms with Gasteiger partial charge in [-0.3, -0.25) is 4.79 Å². The number of aryl methyl sites for hydroxylation is 1. The molecule has 0 bridgehead atoms. The quantitative estimate of drug-likeness (QED) is 0.522. The number of aliphatic carboxylic acids is 1. The van der Waals surface area contributed by atoms with Crippen LogP contribution in [-0.4, -0.2) is 22.0 Å². The summed E-state index contributed by atoms with van der Waals surface area (Å²) in [6.07, 6.45) is 4.30. The Morgan fingerprint density at radius 2 is 1.80 bits per heavy atom. The van der Waals surface area contributed by atoms with Gasteiger partial charge >= 0.3 is 29.6 Å². The molecule has 124 valence electrons. The normalized spacial score (nSPS) is 19.1. The molecule has 1 aliphatic rings. The van der Waals surface area contributed by atoms with E-state index in [4.69, 9.17) is 4.52 Å². The third kappa shape index (κ3) is 4.56. The minimum absolute atomic E-state index is 0. The average Bonchev–Trinajstić information content (AvgIpc) is 3.02. The number of carboxylic acid groups (broad SMARTS) is 1. The summed E-state index contributed by atoms with van der Waals surface area (Å²) in [5.41, 5.74) is 1.34. The third-order valence-electron chi connectivity index (χ3n) is 4.01. The number of amides is 1. The number of carbonyl (C=O) groups is 2. The number of hydrogen-bond donors (Lipinski definition) is 1. The van der Waals surface area contributed by atoms with Crippen LogP contribution >= 0.6 is 0 Å². The fourth-order valence-corrected chi connectivity index (χ4v) is 2.72. The summed E-state index contributed by atoms with van der Waals surface area (Å²) in [4.78, 5) is 27.7. The van der Waals surface area contributed by atoms with Gasteiger partial charge in [-0.1, -0.05) is 17.3 Å². The number of carbonyl (C=O) groups excluding carboxylic acids is 2. The van der Waals surface area contributed by atoms with Gasteiger partial charge in [-0.2, -0.15) is 4.98 Å². The van der Waals surface area contributed by atoms with E-state index in [9.17, 15) is 14.7 Å². The second-order valence-corrected chi connectivity index (χ2v) is 5.68. The molecular weight excluding hydrogens is 333 g/mol. The Labute approximate surface area is 166 Å². The summed E-state index contributed by atoms with van der Waals surface area (Å²) in [6, 6.07) is 6.95. The van der Waals surface area contributed by atoms with Crippen LogP contribution in [0.1, 0.15) is 18.7 Å². The van der Waals surface area contributed by atoms with E-state index in [0.29, 0.717) is 30.2 Å². The van der Waals surface area contributed by atoms with Gasteiger partial charge in [-0.15, -0.1) is 0 Å². The maximum absolute atomic E-state index is 12.4. The first kappa shape index (κ1) is 19.4. The number of benzene rings is 1. The zero-order valence-corrected chi connectivity index (χ0v) is 16.1. The fraction of sp³-hybridized carbons (Fsp3) is 0.294. The first-order chi connectivity index (χ1) is 11.5. The van der Waals surface area contributed by atoms with Crippen LogP contribution < -0.4 is 40.0 Å². The molecule has 0 fully saturated rings. The van der Waals surface area contributed by atoms with E-state index >= 15 is 0 Å². The Morgan fingerprint density at radius 3 is 2.36 bits per heavy atom. The van der Waals surface area contributed by atoms with Gasteiger partial charge in [-0.05, 0) is 37.1 Å². The van der Waals surface area contributed by atoms with Crippen LogP contribution in [0.2, 0.25) is 0 Å². The minimum Gasteiger partial charge on any atom is -0.550 e. The van der Waals surface area contributed by atoms with Crippen molar-refractivity contribution in [3.8, 4) is 11.4 Å². The first-order valence-electron chi connectivity index (χ1n) is 7.62. The smallest absolute Gasteiger partial charge is 0.550 e. The number of anilines is 1. The third-order valence-corrected chi connectivity index (χ3v) is 4.01. The van der Waals surface area contributed by atoms with Crippen LogP contribution in [0.15, 0.2) is 40.9 Å². The molecule has 7 nitrogen and oxygen atoms in total. The van der Waals surface area contributed by atoms with Crippen molar-refractivity contribution in [2.45, 2.75) is 19.8 Å². The number of aromatic nitrogens is 2. The van der Waals surface area contributed by atoms with Crippen molar-refractivity contribution in [2.75, 3.05) is 5.32 Å². The van der Waals surface area contributed by atoms with Gasteiger partial charge in [0, 0.05) is 30.1 Å². The van der Waals surface area contributed by atoms with Gasteiger partial charge in [0.25, 0.3) is 0 Å². The van der Waals surface area contributed by atoms with Crippen molar-refractivity contribution in [2.24, 2.45) is 11.8 Å². The van der Waals surface area contributed by atoms with Gasteiger partial charge in [0.15, 0.2) is 0 Å². The van der Waals surface area contributed by atoms with Crippen LogP contribution in [0.25, 0.3) is 11.4 Å². The first-order valence-corrected chi connectivity index (χ1v) is 7.62. The number of rotatable bonds is 4. The molecule has 25 heavy (non-hydrogen) atoms. The molecule has 1 aromatic carbocycles. The second kappa shape index (κ2) is 8.42. The summed E-state index contributed by atoms with van der Waals surface area (Å²) in [7, 11) is 0. The van der Waals surface area contributed by atoms with Crippen LogP contribution in [0.4, 0.5) is 5.69 Å². The van der Waals surface area contributed by atoms with Crippen LogP contribution in [0.3, 0.4) is 0 Å². The Bertz CT molecular complexity index is 785. The Balaban J connectivity index is 0.00000225. The molecule has 0 radical (unpaired) electrons. The van der Waals surface area contributed by atoms with E-state index in [1.54, 1.807) is 37.3 Å². The molecule has 2 aromatic rings. The second-order valence-electron chi connectivity index (χ2n) is 5.68. The summed E-state index contributed by atoms with van der Waals surface area (Å²) in [5.74, 6) is -1.99. The molecule has 0 spiro atoms. The molecule has 1 amide bonds. The molecule has 3 rings (SSSR count). The van der Waals surface area contributed by atoms with E-state index in [1.807, 2.05) is 6.08 Å². The number of allylic oxidation sites excluding steroid dienone is 2. The molecule has 1 aliphatic carbocycles. The zero-order chi connectivity index (χ0) is 17.1. The summed E-state index contributed by atoms with van der Waals surface area (Å²) in [6.45, 7) is 1.71. The molecule has 8 heteroatoms. The predicted octanol–water partition coefficient (Wildman–Crippen LogP) is -1.68. The maximum Gasteiger partial charge on any atom is 1.00 e. The van der Waals surface area contributed by atoms with E-state index in [2.05, 4.69) is 15.5 Å². The van der Waals surface area contributed by atoms with Gasteiger partial charge in [0.1, 0.15) is 0 Å². The monoisotopic (exact) mass is 349 g/mol. The Morgan fingerprint density at radius 1 is 1.16 bits per heavy atom. The van der Waals surface area contributed by atoms with Crippen LogP contribution in [0.5, 0.6) is 0 Å². The predicted molar refractivity (Wildman–Crippen MR) is 83.5 cm³/mol. The van der Waals surface area contributed by atoms with E-state index in [-0.39, 0.29) is 35.5 Å². The van der Waals surface area contributed by atoms with Crippen molar-refractivity contribution in [1.82, 2.24) is 10.1 Å². The van der Waals surface area contributed by atoms with Gasteiger partial charge in [0.05, 0.1) is 5.92 Å². The maximum atomic E-state index is 12.4. The van der Waals surface area contributed by atoms with Crippen molar-refractivity contribution < 1.29 is 48.8 Å². The average molecular weight is 349 g/mol. The summed E-state index contributed by atoms with van der Waals surface area (Å²) >= 11 is 0. The minimum atomic E-state index is -1.19. The van der Waals surface area contributed by atoms with Crippen LogP contribution in [0, 0.1) is 18.8 Å². The zero-order valence-electron chi connectivity index (χ0n) is 14.1. The number of carboxylic acids is 1. The molecule has 0 saturated heterocycles. The van der Waals surface area contributed by atoms with Crippen molar-refractivity contribution in [1.29, 1.82) is 0 Å². The summed E-state index contributed by atoms with van der Waals surface area (Å²) < 4.78 is 4.93. The fourth-order valence-electron chi connectivity index (χ4n) is 2.72. The number of nitrogens with one attached hydrogen (secondary N) is 1. The SMILES string of the molecule is Cc1nc(-c2ccc(NC(=O)C3CC=CCC3C(=O)[O-])cc2)no1.[Na+]. The van der Waals surface area contributed by atoms with Crippen molar-refractivity contribution >= 4 is 17.6 Å². The standard InChI is InChI=1S/C17H17N3O4.Na/c1-10-18-15(20-24-10)11-6-8-12(9-7-11)19-16(21)13-4-2-3-5-14(13)17(22)23;/h2-3,6-9,13-14H,4-5H2,1H3,(H,19,21)(H,22,23);/q;+1/p-1. The largest absolute Gasteiger partial charge is 1.00 e. The molecule has 1 N–H and O–H groups in total. The molecule has 1 heterocycles. The molecular formula is C17H16N3NaO4. The molecule has 2 unspecified atom stereocenters. The number of nitrogens with zero attached hydrogens (tertiary/aromatic N) is 2. The van der Waals surface area contributed by atoms with Crippen molar-refractivity contribution in [3.63, 3.8) is 0 Å². The summed E-state index contributed by atoms with van der Waals surface area (Å²) in [5, 5.41) is 17.8. The van der Waals surface area contributed by atoms with Crippen LogP contribution in [-0.2, 0) is 9.59 Å². The Hall–Kier alpha value is -1.96. The molecule has 0 aliphatic heterocycles. The van der Waals surface area contributed by atoms with Gasteiger partial charge in [0.2, 0.25) is 17.6 Å². The van der Waals surface area contributed by atoms with E-state index in [0.717, 1.165) is 5.56 Å².